The van der Waals surface area contributed by atoms with Crippen LogP contribution in [0.4, 0.5) is 0 Å². The third-order valence-corrected chi connectivity index (χ3v) is 3.55. The second kappa shape index (κ2) is 8.04. The van der Waals surface area contributed by atoms with Gasteiger partial charge in [-0.2, -0.15) is 0 Å². The van der Waals surface area contributed by atoms with Gasteiger partial charge in [0.25, 0.3) is 0 Å². The molecule has 0 saturated heterocycles. The van der Waals surface area contributed by atoms with Crippen LogP contribution in [0.15, 0.2) is 36.4 Å². The molecule has 0 fully saturated rings. The van der Waals surface area contributed by atoms with E-state index < -0.39 is 0 Å². The molecule has 0 bridgehead atoms. The minimum Gasteiger partial charge on any atom is -0.491 e. The Kier molecular flexibility index (Phi) is 6.06. The van der Waals surface area contributed by atoms with Gasteiger partial charge in [-0.1, -0.05) is 37.6 Å². The highest BCUT2D eigenvalue weighted by Gasteiger charge is 2.03. The maximum Gasteiger partial charge on any atom is 0.120 e. The molecule has 0 heterocycles. The minimum absolute atomic E-state index is 0.256. The number of hydrogen-bond donors (Lipinski definition) is 0. The highest BCUT2D eigenvalue weighted by molar-refractivity contribution is 5.87. The van der Waals surface area contributed by atoms with E-state index in [2.05, 4.69) is 43.3 Å². The zero-order valence-electron chi connectivity index (χ0n) is 13.4. The first kappa shape index (κ1) is 15.8. The van der Waals surface area contributed by atoms with Crippen molar-refractivity contribution in [2.24, 2.45) is 0 Å². The van der Waals surface area contributed by atoms with E-state index in [1.165, 1.54) is 29.2 Å². The lowest BCUT2D eigenvalue weighted by atomic mass is 10.0. The van der Waals surface area contributed by atoms with E-state index in [9.17, 15) is 0 Å². The van der Waals surface area contributed by atoms with Crippen molar-refractivity contribution in [2.75, 3.05) is 13.2 Å². The third-order valence-electron chi connectivity index (χ3n) is 3.55. The van der Waals surface area contributed by atoms with Crippen LogP contribution in [-0.2, 0) is 11.2 Å². The van der Waals surface area contributed by atoms with Crippen molar-refractivity contribution >= 4 is 10.8 Å². The molecule has 0 aliphatic carbocycles. The zero-order chi connectivity index (χ0) is 15.1. The molecule has 0 aliphatic heterocycles. The number of hydrogen-bond acceptors (Lipinski definition) is 2. The molecule has 0 spiro atoms. The van der Waals surface area contributed by atoms with Crippen molar-refractivity contribution in [3.63, 3.8) is 0 Å². The number of unbranched alkanes of at least 4 members (excludes halogenated alkanes) is 1. The van der Waals surface area contributed by atoms with Crippen molar-refractivity contribution < 1.29 is 9.47 Å². The predicted octanol–water partition coefficient (Wildman–Crippen LogP) is 4.99. The standard InChI is InChI=1S/C19H26O2/c1-4-5-7-16-8-6-9-17-14-18(10-11-19(16)17)21-13-12-20-15(2)3/h6,8-11,14-15H,4-5,7,12-13H2,1-3H3. The van der Waals surface area contributed by atoms with Crippen LogP contribution in [0.25, 0.3) is 10.8 Å². The van der Waals surface area contributed by atoms with E-state index in [4.69, 9.17) is 9.47 Å². The van der Waals surface area contributed by atoms with Gasteiger partial charge in [-0.05, 0) is 55.2 Å². The third kappa shape index (κ3) is 4.75. The van der Waals surface area contributed by atoms with Crippen molar-refractivity contribution in [2.45, 2.75) is 46.1 Å². The molecule has 2 aromatic rings. The number of aryl methyl sites for hydroxylation is 1. The predicted molar refractivity (Wildman–Crippen MR) is 89.1 cm³/mol. The van der Waals surface area contributed by atoms with Gasteiger partial charge in [-0.3, -0.25) is 0 Å². The summed E-state index contributed by atoms with van der Waals surface area (Å²) in [5.41, 5.74) is 1.43. The first-order valence-electron chi connectivity index (χ1n) is 7.96. The fraction of sp³-hybridized carbons (Fsp3) is 0.474. The highest BCUT2D eigenvalue weighted by atomic mass is 16.5. The second-order valence-corrected chi connectivity index (χ2v) is 5.67. The largest absolute Gasteiger partial charge is 0.491 e. The molecule has 2 nitrogen and oxygen atoms in total. The molecule has 2 rings (SSSR count). The van der Waals surface area contributed by atoms with Crippen LogP contribution in [0.2, 0.25) is 0 Å². The summed E-state index contributed by atoms with van der Waals surface area (Å²) in [7, 11) is 0. The van der Waals surface area contributed by atoms with Gasteiger partial charge in [0.1, 0.15) is 12.4 Å². The van der Waals surface area contributed by atoms with Gasteiger partial charge in [0.2, 0.25) is 0 Å². The smallest absolute Gasteiger partial charge is 0.120 e. The van der Waals surface area contributed by atoms with Crippen molar-refractivity contribution in [1.82, 2.24) is 0 Å². The monoisotopic (exact) mass is 286 g/mol. The normalized spacial score (nSPS) is 11.2. The van der Waals surface area contributed by atoms with Gasteiger partial charge in [-0.25, -0.2) is 0 Å². The summed E-state index contributed by atoms with van der Waals surface area (Å²) in [5.74, 6) is 0.919. The number of rotatable bonds is 8. The number of ether oxygens (including phenoxy) is 2. The summed E-state index contributed by atoms with van der Waals surface area (Å²) in [6.07, 6.45) is 3.87. The maximum absolute atomic E-state index is 5.76. The van der Waals surface area contributed by atoms with Crippen LogP contribution in [0, 0.1) is 0 Å². The SMILES string of the molecule is CCCCc1cccc2cc(OCCOC(C)C)ccc12. The van der Waals surface area contributed by atoms with Gasteiger partial charge in [-0.15, -0.1) is 0 Å². The van der Waals surface area contributed by atoms with Crippen LogP contribution in [0.3, 0.4) is 0 Å². The van der Waals surface area contributed by atoms with Crippen molar-refractivity contribution in [3.05, 3.63) is 42.0 Å². The van der Waals surface area contributed by atoms with Gasteiger partial charge < -0.3 is 9.47 Å². The van der Waals surface area contributed by atoms with Crippen LogP contribution in [0.5, 0.6) is 5.75 Å². The first-order valence-corrected chi connectivity index (χ1v) is 7.96. The van der Waals surface area contributed by atoms with Crippen molar-refractivity contribution in [3.8, 4) is 5.75 Å². The fourth-order valence-electron chi connectivity index (χ4n) is 2.45. The summed E-state index contributed by atoms with van der Waals surface area (Å²) < 4.78 is 11.2. The molecule has 0 aliphatic rings. The molecular formula is C19H26O2. The molecule has 114 valence electrons. The quantitative estimate of drug-likeness (QED) is 0.637. The Labute approximate surface area is 128 Å². The molecule has 0 saturated carbocycles. The maximum atomic E-state index is 5.76. The number of benzene rings is 2. The summed E-state index contributed by atoms with van der Waals surface area (Å²) in [5, 5.41) is 2.60. The Morgan fingerprint density at radius 1 is 1.05 bits per heavy atom. The fourth-order valence-corrected chi connectivity index (χ4v) is 2.45. The Bertz CT molecular complexity index is 560. The van der Waals surface area contributed by atoms with E-state index in [0.717, 1.165) is 12.2 Å². The topological polar surface area (TPSA) is 18.5 Å². The van der Waals surface area contributed by atoms with Crippen LogP contribution in [-0.4, -0.2) is 19.3 Å². The number of fused-ring (bicyclic) bond motifs is 1. The molecule has 0 amide bonds. The van der Waals surface area contributed by atoms with Crippen LogP contribution in [0.1, 0.15) is 39.2 Å². The Morgan fingerprint density at radius 3 is 2.67 bits per heavy atom. The molecule has 0 radical (unpaired) electrons. The molecule has 0 atom stereocenters. The zero-order valence-corrected chi connectivity index (χ0v) is 13.4. The van der Waals surface area contributed by atoms with Crippen LogP contribution >= 0.6 is 0 Å². The summed E-state index contributed by atoms with van der Waals surface area (Å²) in [4.78, 5) is 0. The molecule has 0 N–H and O–H groups in total. The average molecular weight is 286 g/mol. The molecule has 0 unspecified atom stereocenters. The lowest BCUT2D eigenvalue weighted by molar-refractivity contribution is 0.0553. The molecule has 2 heteroatoms. The Hall–Kier alpha value is -1.54. The van der Waals surface area contributed by atoms with Gasteiger partial charge in [0.15, 0.2) is 0 Å². The molecular weight excluding hydrogens is 260 g/mol. The lowest BCUT2D eigenvalue weighted by Gasteiger charge is -2.11. The van der Waals surface area contributed by atoms with E-state index in [1.54, 1.807) is 0 Å². The van der Waals surface area contributed by atoms with Gasteiger partial charge >= 0.3 is 0 Å². The van der Waals surface area contributed by atoms with Gasteiger partial charge in [0, 0.05) is 0 Å². The van der Waals surface area contributed by atoms with E-state index >= 15 is 0 Å². The summed E-state index contributed by atoms with van der Waals surface area (Å²) in [6.45, 7) is 7.53. The van der Waals surface area contributed by atoms with E-state index in [-0.39, 0.29) is 6.10 Å². The summed E-state index contributed by atoms with van der Waals surface area (Å²) >= 11 is 0. The van der Waals surface area contributed by atoms with Crippen molar-refractivity contribution in [1.29, 1.82) is 0 Å². The van der Waals surface area contributed by atoms with E-state index in [1.807, 2.05) is 13.8 Å². The minimum atomic E-state index is 0.256. The van der Waals surface area contributed by atoms with E-state index in [0.29, 0.717) is 13.2 Å². The Balaban J connectivity index is 2.04. The molecule has 0 aromatic heterocycles. The van der Waals surface area contributed by atoms with Crippen LogP contribution < -0.4 is 4.74 Å². The van der Waals surface area contributed by atoms with Gasteiger partial charge in [0.05, 0.1) is 12.7 Å². The lowest BCUT2D eigenvalue weighted by Crippen LogP contribution is -2.11. The Morgan fingerprint density at radius 2 is 1.90 bits per heavy atom. The first-order chi connectivity index (χ1) is 10.2. The summed E-state index contributed by atoms with van der Waals surface area (Å²) in [6, 6.07) is 12.9. The second-order valence-electron chi connectivity index (χ2n) is 5.67. The average Bonchev–Trinajstić information content (AvgIpc) is 2.49. The molecule has 2 aromatic carbocycles. The molecule has 21 heavy (non-hydrogen) atoms. The highest BCUT2D eigenvalue weighted by Crippen LogP contribution is 2.25.